The second-order valence-corrected chi connectivity index (χ2v) is 6.34. The molecule has 0 radical (unpaired) electrons. The first-order chi connectivity index (χ1) is 9.13. The first kappa shape index (κ1) is 14.5. The van der Waals surface area contributed by atoms with E-state index in [9.17, 15) is 5.11 Å². The molecule has 0 atom stereocenters. The zero-order valence-electron chi connectivity index (χ0n) is 11.1. The van der Waals surface area contributed by atoms with E-state index >= 15 is 0 Å². The van der Waals surface area contributed by atoms with Crippen molar-refractivity contribution in [2.45, 2.75) is 26.5 Å². The molecule has 0 saturated carbocycles. The van der Waals surface area contributed by atoms with E-state index in [1.807, 2.05) is 19.2 Å². The molecule has 102 valence electrons. The largest absolute Gasteiger partial charge is 0.391 e. The number of aliphatic hydroxyl groups excluding tert-OH is 1. The van der Waals surface area contributed by atoms with Crippen molar-refractivity contribution in [1.82, 2.24) is 4.98 Å². The molecule has 0 unspecified atom stereocenters. The van der Waals surface area contributed by atoms with Gasteiger partial charge >= 0.3 is 0 Å². The van der Waals surface area contributed by atoms with Gasteiger partial charge in [0.05, 0.1) is 17.2 Å². The van der Waals surface area contributed by atoms with E-state index in [0.29, 0.717) is 0 Å². The second-order valence-electron chi connectivity index (χ2n) is 4.36. The van der Waals surface area contributed by atoms with Crippen LogP contribution in [-0.4, -0.2) is 17.1 Å². The zero-order valence-corrected chi connectivity index (χ0v) is 13.5. The van der Waals surface area contributed by atoms with Gasteiger partial charge in [0.15, 0.2) is 5.13 Å². The van der Waals surface area contributed by atoms with Crippen molar-refractivity contribution in [1.29, 1.82) is 0 Å². The van der Waals surface area contributed by atoms with E-state index in [2.05, 4.69) is 44.9 Å². The highest BCUT2D eigenvalue weighted by molar-refractivity contribution is 9.10. The summed E-state index contributed by atoms with van der Waals surface area (Å²) in [6, 6.07) is 8.28. The summed E-state index contributed by atoms with van der Waals surface area (Å²) in [7, 11) is 2.03. The summed E-state index contributed by atoms with van der Waals surface area (Å²) in [5.74, 6) is 0. The third-order valence-corrected chi connectivity index (χ3v) is 4.63. The number of rotatable bonds is 5. The number of hydrogen-bond acceptors (Lipinski definition) is 4. The molecule has 1 N–H and O–H groups in total. The molecule has 2 aromatic rings. The van der Waals surface area contributed by atoms with Crippen LogP contribution in [0.4, 0.5) is 5.13 Å². The van der Waals surface area contributed by atoms with Crippen molar-refractivity contribution in [3.05, 3.63) is 44.9 Å². The minimum atomic E-state index is 0.0764. The molecule has 5 heteroatoms. The molecule has 0 amide bonds. The molecule has 0 aliphatic rings. The Hall–Kier alpha value is -0.910. The predicted molar refractivity (Wildman–Crippen MR) is 83.7 cm³/mol. The van der Waals surface area contributed by atoms with Crippen LogP contribution in [-0.2, 0) is 19.6 Å². The number of thiazole rings is 1. The first-order valence-corrected chi connectivity index (χ1v) is 7.80. The quantitative estimate of drug-likeness (QED) is 0.903. The molecule has 1 aromatic carbocycles. The number of anilines is 1. The van der Waals surface area contributed by atoms with Crippen LogP contribution in [0.5, 0.6) is 0 Å². The monoisotopic (exact) mass is 340 g/mol. The Labute approximate surface area is 126 Å². The maximum Gasteiger partial charge on any atom is 0.185 e. The second kappa shape index (κ2) is 6.50. The van der Waals surface area contributed by atoms with Gasteiger partial charge in [0.2, 0.25) is 0 Å². The summed E-state index contributed by atoms with van der Waals surface area (Å²) < 4.78 is 1.09. The van der Waals surface area contributed by atoms with Crippen LogP contribution < -0.4 is 4.90 Å². The van der Waals surface area contributed by atoms with Gasteiger partial charge in [0.1, 0.15) is 0 Å². The van der Waals surface area contributed by atoms with Gasteiger partial charge in [-0.1, -0.05) is 46.3 Å². The van der Waals surface area contributed by atoms with Crippen LogP contribution in [0.3, 0.4) is 0 Å². The molecular formula is C14H17BrN2OS. The summed E-state index contributed by atoms with van der Waals surface area (Å²) >= 11 is 5.01. The number of halogens is 1. The van der Waals surface area contributed by atoms with Gasteiger partial charge in [-0.25, -0.2) is 4.98 Å². The van der Waals surface area contributed by atoms with E-state index in [-0.39, 0.29) is 6.61 Å². The maximum atomic E-state index is 9.31. The first-order valence-electron chi connectivity index (χ1n) is 6.19. The number of hydrogen-bond donors (Lipinski definition) is 1. The highest BCUT2D eigenvalue weighted by Gasteiger charge is 2.12. The molecule has 0 aliphatic carbocycles. The van der Waals surface area contributed by atoms with Crippen molar-refractivity contribution in [2.75, 3.05) is 11.9 Å². The smallest absolute Gasteiger partial charge is 0.185 e. The Kier molecular flexibility index (Phi) is 4.96. The highest BCUT2D eigenvalue weighted by Crippen LogP contribution is 2.27. The van der Waals surface area contributed by atoms with E-state index < -0.39 is 0 Å². The van der Waals surface area contributed by atoms with Crippen molar-refractivity contribution in [2.24, 2.45) is 0 Å². The van der Waals surface area contributed by atoms with Crippen LogP contribution in [0.25, 0.3) is 0 Å². The van der Waals surface area contributed by atoms with Crippen LogP contribution in [0, 0.1) is 0 Å². The Morgan fingerprint density at radius 2 is 2.00 bits per heavy atom. The average Bonchev–Trinajstić information content (AvgIpc) is 2.84. The van der Waals surface area contributed by atoms with Crippen LogP contribution in [0.2, 0.25) is 0 Å². The fourth-order valence-corrected chi connectivity index (χ4v) is 3.10. The zero-order chi connectivity index (χ0) is 13.8. The van der Waals surface area contributed by atoms with Gasteiger partial charge in [-0.2, -0.15) is 0 Å². The summed E-state index contributed by atoms with van der Waals surface area (Å²) in [5.41, 5.74) is 2.25. The third-order valence-electron chi connectivity index (χ3n) is 2.91. The Morgan fingerprint density at radius 3 is 2.53 bits per heavy atom. The van der Waals surface area contributed by atoms with Crippen LogP contribution in [0.1, 0.15) is 23.1 Å². The van der Waals surface area contributed by atoms with Gasteiger partial charge in [-0.3, -0.25) is 0 Å². The minimum Gasteiger partial charge on any atom is -0.391 e. The topological polar surface area (TPSA) is 36.4 Å². The fraction of sp³-hybridized carbons (Fsp3) is 0.357. The Balaban J connectivity index is 2.13. The van der Waals surface area contributed by atoms with Gasteiger partial charge in [0.25, 0.3) is 0 Å². The predicted octanol–water partition coefficient (Wildman–Crippen LogP) is 3.60. The maximum absolute atomic E-state index is 9.31. The Morgan fingerprint density at radius 1 is 1.32 bits per heavy atom. The lowest BCUT2D eigenvalue weighted by Gasteiger charge is -2.15. The minimum absolute atomic E-state index is 0.0764. The SMILES string of the molecule is CCc1nc(N(C)Cc2ccc(Br)cc2)sc1CO. The number of nitrogens with zero attached hydrogens (tertiary/aromatic N) is 2. The molecule has 0 bridgehead atoms. The molecule has 19 heavy (non-hydrogen) atoms. The van der Waals surface area contributed by atoms with Gasteiger partial charge in [-0.15, -0.1) is 0 Å². The van der Waals surface area contributed by atoms with Crippen molar-refractivity contribution in [3.63, 3.8) is 0 Å². The van der Waals surface area contributed by atoms with Gasteiger partial charge in [0, 0.05) is 18.1 Å². The molecule has 2 rings (SSSR count). The molecule has 0 saturated heterocycles. The van der Waals surface area contributed by atoms with Crippen molar-refractivity contribution < 1.29 is 5.11 Å². The van der Waals surface area contributed by atoms with Crippen LogP contribution in [0.15, 0.2) is 28.7 Å². The van der Waals surface area contributed by atoms with E-state index in [0.717, 1.165) is 33.1 Å². The van der Waals surface area contributed by atoms with Gasteiger partial charge < -0.3 is 10.0 Å². The molecule has 0 spiro atoms. The van der Waals surface area contributed by atoms with Crippen LogP contribution >= 0.6 is 27.3 Å². The number of aryl methyl sites for hydroxylation is 1. The number of aliphatic hydroxyl groups is 1. The normalized spacial score (nSPS) is 10.7. The molecule has 0 aliphatic heterocycles. The lowest BCUT2D eigenvalue weighted by atomic mass is 10.2. The summed E-state index contributed by atoms with van der Waals surface area (Å²) in [5, 5.41) is 10.3. The summed E-state index contributed by atoms with van der Waals surface area (Å²) in [6.45, 7) is 2.95. The number of aromatic nitrogens is 1. The van der Waals surface area contributed by atoms with Crippen molar-refractivity contribution >= 4 is 32.4 Å². The average molecular weight is 341 g/mol. The molecule has 0 fully saturated rings. The summed E-state index contributed by atoms with van der Waals surface area (Å²) in [4.78, 5) is 7.68. The van der Waals surface area contributed by atoms with E-state index in [1.165, 1.54) is 5.56 Å². The molecule has 1 heterocycles. The summed E-state index contributed by atoms with van der Waals surface area (Å²) in [6.07, 6.45) is 0.860. The Bertz CT molecular complexity index is 517. The fourth-order valence-electron chi connectivity index (χ4n) is 1.86. The van der Waals surface area contributed by atoms with E-state index in [4.69, 9.17) is 0 Å². The van der Waals surface area contributed by atoms with Crippen molar-refractivity contribution in [3.8, 4) is 0 Å². The standard InChI is InChI=1S/C14H17BrN2OS/c1-3-12-13(9-18)19-14(16-12)17(2)8-10-4-6-11(15)7-5-10/h4-7,18H,3,8-9H2,1-2H3. The molecule has 1 aromatic heterocycles. The van der Waals surface area contributed by atoms with Gasteiger partial charge in [-0.05, 0) is 24.1 Å². The third kappa shape index (κ3) is 3.55. The lowest BCUT2D eigenvalue weighted by molar-refractivity contribution is 0.284. The highest BCUT2D eigenvalue weighted by atomic mass is 79.9. The lowest BCUT2D eigenvalue weighted by Crippen LogP contribution is -2.16. The molecular weight excluding hydrogens is 324 g/mol. The van der Waals surface area contributed by atoms with E-state index in [1.54, 1.807) is 11.3 Å². The molecule has 3 nitrogen and oxygen atoms in total. The number of benzene rings is 1.